The first-order valence-corrected chi connectivity index (χ1v) is 8.28. The highest BCUT2D eigenvalue weighted by molar-refractivity contribution is 5.97. The number of aryl methyl sites for hydroxylation is 1. The van der Waals surface area contributed by atoms with E-state index in [4.69, 9.17) is 9.15 Å². The summed E-state index contributed by atoms with van der Waals surface area (Å²) >= 11 is 0. The molecular formula is C19H19NO4. The van der Waals surface area contributed by atoms with Gasteiger partial charge in [0.05, 0.1) is 12.2 Å². The van der Waals surface area contributed by atoms with Crippen LogP contribution in [0.15, 0.2) is 47.1 Å². The molecule has 0 unspecified atom stereocenters. The van der Waals surface area contributed by atoms with Gasteiger partial charge in [-0.25, -0.2) is 9.69 Å². The summed E-state index contributed by atoms with van der Waals surface area (Å²) in [4.78, 5) is 26.8. The minimum atomic E-state index is -0.570. The average Bonchev–Trinajstić information content (AvgIpc) is 3.21. The maximum atomic E-state index is 13.2. The molecule has 1 aliphatic heterocycles. The highest BCUT2D eigenvalue weighted by Gasteiger charge is 2.45. The SMILES string of the molecule is C[C@@H]1CCc2ccoc2[C@H]1C(=O)N1C(=O)OC[C@H]1c1ccccc1. The summed E-state index contributed by atoms with van der Waals surface area (Å²) in [6, 6.07) is 11.1. The Morgan fingerprint density at radius 1 is 1.21 bits per heavy atom. The van der Waals surface area contributed by atoms with Gasteiger partial charge in [0.1, 0.15) is 18.4 Å². The molecule has 3 atom stereocenters. The van der Waals surface area contributed by atoms with E-state index in [9.17, 15) is 9.59 Å². The molecule has 0 spiro atoms. The van der Waals surface area contributed by atoms with E-state index in [1.807, 2.05) is 43.3 Å². The number of furan rings is 1. The van der Waals surface area contributed by atoms with Crippen LogP contribution in [0.3, 0.4) is 0 Å². The Balaban J connectivity index is 1.69. The van der Waals surface area contributed by atoms with E-state index in [0.717, 1.165) is 24.0 Å². The molecule has 1 aliphatic carbocycles. The van der Waals surface area contributed by atoms with Crippen LogP contribution in [0, 0.1) is 5.92 Å². The number of amides is 2. The lowest BCUT2D eigenvalue weighted by Crippen LogP contribution is -2.40. The van der Waals surface area contributed by atoms with E-state index in [2.05, 4.69) is 0 Å². The summed E-state index contributed by atoms with van der Waals surface area (Å²) in [5.74, 6) is 0.168. The quantitative estimate of drug-likeness (QED) is 0.845. The van der Waals surface area contributed by atoms with Crippen molar-refractivity contribution in [2.45, 2.75) is 31.7 Å². The Bertz CT molecular complexity index is 767. The van der Waals surface area contributed by atoms with Crippen molar-refractivity contribution in [3.8, 4) is 0 Å². The molecule has 1 fully saturated rings. The van der Waals surface area contributed by atoms with Crippen LogP contribution in [-0.4, -0.2) is 23.5 Å². The van der Waals surface area contributed by atoms with Crippen LogP contribution in [0.1, 0.15) is 42.2 Å². The van der Waals surface area contributed by atoms with Gasteiger partial charge in [-0.2, -0.15) is 0 Å². The van der Waals surface area contributed by atoms with Gasteiger partial charge in [0.15, 0.2) is 0 Å². The smallest absolute Gasteiger partial charge is 0.417 e. The van der Waals surface area contributed by atoms with Gasteiger partial charge in [0.2, 0.25) is 5.91 Å². The molecule has 24 heavy (non-hydrogen) atoms. The number of nitrogens with zero attached hydrogens (tertiary/aromatic N) is 1. The molecule has 2 amide bonds. The van der Waals surface area contributed by atoms with Crippen LogP contribution < -0.4 is 0 Å². The van der Waals surface area contributed by atoms with Crippen LogP contribution in [-0.2, 0) is 16.0 Å². The fourth-order valence-corrected chi connectivity index (χ4v) is 3.73. The predicted octanol–water partition coefficient (Wildman–Crippen LogP) is 3.67. The molecular weight excluding hydrogens is 306 g/mol. The van der Waals surface area contributed by atoms with Crippen molar-refractivity contribution in [3.05, 3.63) is 59.5 Å². The van der Waals surface area contributed by atoms with Crippen molar-refractivity contribution < 1.29 is 18.7 Å². The van der Waals surface area contributed by atoms with Gasteiger partial charge in [0.25, 0.3) is 0 Å². The van der Waals surface area contributed by atoms with Crippen LogP contribution in [0.25, 0.3) is 0 Å². The monoisotopic (exact) mass is 325 g/mol. The lowest BCUT2D eigenvalue weighted by Gasteiger charge is -2.30. The Morgan fingerprint density at radius 2 is 2.00 bits per heavy atom. The second-order valence-corrected chi connectivity index (χ2v) is 6.52. The molecule has 5 heteroatoms. The zero-order valence-electron chi connectivity index (χ0n) is 13.5. The van der Waals surface area contributed by atoms with Gasteiger partial charge in [0, 0.05) is 0 Å². The second-order valence-electron chi connectivity index (χ2n) is 6.52. The van der Waals surface area contributed by atoms with E-state index in [0.29, 0.717) is 5.76 Å². The normalized spacial score (nSPS) is 26.1. The number of ether oxygens (including phenoxy) is 1. The number of rotatable bonds is 2. The average molecular weight is 325 g/mol. The Labute approximate surface area is 140 Å². The van der Waals surface area contributed by atoms with Crippen molar-refractivity contribution in [1.82, 2.24) is 4.90 Å². The van der Waals surface area contributed by atoms with Gasteiger partial charge >= 0.3 is 6.09 Å². The summed E-state index contributed by atoms with van der Waals surface area (Å²) < 4.78 is 10.8. The Hall–Kier alpha value is -2.56. The first kappa shape index (κ1) is 15.0. The number of fused-ring (bicyclic) bond motifs is 1. The summed E-state index contributed by atoms with van der Waals surface area (Å²) in [6.07, 6.45) is 2.87. The molecule has 1 aromatic carbocycles. The molecule has 0 saturated carbocycles. The second kappa shape index (κ2) is 5.82. The van der Waals surface area contributed by atoms with Crippen LogP contribution in [0.5, 0.6) is 0 Å². The largest absolute Gasteiger partial charge is 0.468 e. The standard InChI is InChI=1S/C19H19NO4/c1-12-7-8-14-9-10-23-17(14)16(12)18(21)20-15(11-24-19(20)22)13-5-3-2-4-6-13/h2-6,9-10,12,15-16H,7-8,11H2,1H3/t12-,15+,16+/m1/s1. The maximum Gasteiger partial charge on any atom is 0.417 e. The van der Waals surface area contributed by atoms with E-state index in [-0.39, 0.29) is 24.5 Å². The third-order valence-corrected chi connectivity index (χ3v) is 5.06. The number of hydrogen-bond acceptors (Lipinski definition) is 4. The Kier molecular flexibility index (Phi) is 3.63. The summed E-state index contributed by atoms with van der Waals surface area (Å²) in [5.41, 5.74) is 1.97. The van der Waals surface area contributed by atoms with Crippen molar-refractivity contribution in [2.24, 2.45) is 5.92 Å². The first-order valence-electron chi connectivity index (χ1n) is 8.28. The molecule has 1 aromatic heterocycles. The summed E-state index contributed by atoms with van der Waals surface area (Å²) in [7, 11) is 0. The minimum absolute atomic E-state index is 0.126. The fraction of sp³-hybridized carbons (Fsp3) is 0.368. The minimum Gasteiger partial charge on any atom is -0.468 e. The molecule has 124 valence electrons. The summed E-state index contributed by atoms with van der Waals surface area (Å²) in [5, 5.41) is 0. The summed E-state index contributed by atoms with van der Waals surface area (Å²) in [6.45, 7) is 2.23. The molecule has 5 nitrogen and oxygen atoms in total. The Morgan fingerprint density at radius 3 is 2.79 bits per heavy atom. The van der Waals surface area contributed by atoms with Gasteiger partial charge in [-0.1, -0.05) is 37.3 Å². The van der Waals surface area contributed by atoms with Crippen molar-refractivity contribution in [3.63, 3.8) is 0 Å². The number of hydrogen-bond donors (Lipinski definition) is 0. The lowest BCUT2D eigenvalue weighted by atomic mass is 9.79. The van der Waals surface area contributed by atoms with Crippen LogP contribution >= 0.6 is 0 Å². The molecule has 2 aromatic rings. The van der Waals surface area contributed by atoms with Gasteiger partial charge in [-0.05, 0) is 36.0 Å². The van der Waals surface area contributed by atoms with Crippen molar-refractivity contribution in [2.75, 3.05) is 6.61 Å². The van der Waals surface area contributed by atoms with E-state index in [1.165, 1.54) is 4.90 Å². The first-order chi connectivity index (χ1) is 11.7. The number of benzene rings is 1. The maximum absolute atomic E-state index is 13.2. The molecule has 2 aliphatic rings. The molecule has 0 radical (unpaired) electrons. The predicted molar refractivity (Wildman–Crippen MR) is 86.3 cm³/mol. The van der Waals surface area contributed by atoms with E-state index < -0.39 is 12.0 Å². The molecule has 1 saturated heterocycles. The zero-order valence-corrected chi connectivity index (χ0v) is 13.5. The third kappa shape index (κ3) is 2.31. The fourth-order valence-electron chi connectivity index (χ4n) is 3.73. The molecule has 4 rings (SSSR count). The topological polar surface area (TPSA) is 59.8 Å². The van der Waals surface area contributed by atoms with Crippen LogP contribution in [0.2, 0.25) is 0 Å². The zero-order chi connectivity index (χ0) is 16.7. The number of imide groups is 1. The number of cyclic esters (lactones) is 1. The van der Waals surface area contributed by atoms with Crippen molar-refractivity contribution in [1.29, 1.82) is 0 Å². The third-order valence-electron chi connectivity index (χ3n) is 5.06. The number of carbonyl (C=O) groups is 2. The van der Waals surface area contributed by atoms with Gasteiger partial charge in [-0.3, -0.25) is 4.79 Å². The molecule has 0 N–H and O–H groups in total. The molecule has 2 heterocycles. The lowest BCUT2D eigenvalue weighted by molar-refractivity contribution is -0.132. The highest BCUT2D eigenvalue weighted by Crippen LogP contribution is 2.40. The van der Waals surface area contributed by atoms with Gasteiger partial charge < -0.3 is 9.15 Å². The van der Waals surface area contributed by atoms with E-state index >= 15 is 0 Å². The molecule has 0 bridgehead atoms. The highest BCUT2D eigenvalue weighted by atomic mass is 16.6. The number of carbonyl (C=O) groups excluding carboxylic acids is 2. The van der Waals surface area contributed by atoms with Crippen molar-refractivity contribution >= 4 is 12.0 Å². The van der Waals surface area contributed by atoms with E-state index in [1.54, 1.807) is 6.26 Å². The van der Waals surface area contributed by atoms with Gasteiger partial charge in [-0.15, -0.1) is 0 Å². The van der Waals surface area contributed by atoms with Crippen LogP contribution in [0.4, 0.5) is 4.79 Å².